The fourth-order valence-corrected chi connectivity index (χ4v) is 2.06. The van der Waals surface area contributed by atoms with E-state index in [0.29, 0.717) is 25.2 Å². The summed E-state index contributed by atoms with van der Waals surface area (Å²) in [7, 11) is 0. The Labute approximate surface area is 93.1 Å². The van der Waals surface area contributed by atoms with Crippen LogP contribution in [-0.2, 0) is 6.54 Å². The van der Waals surface area contributed by atoms with Crippen LogP contribution in [0.1, 0.15) is 18.1 Å². The maximum Gasteiger partial charge on any atom is 0.141 e. The van der Waals surface area contributed by atoms with Crippen molar-refractivity contribution in [3.05, 3.63) is 35.1 Å². The van der Waals surface area contributed by atoms with E-state index >= 15 is 0 Å². The third-order valence-electron chi connectivity index (χ3n) is 2.71. The second kappa shape index (κ2) is 3.84. The van der Waals surface area contributed by atoms with Gasteiger partial charge < -0.3 is 0 Å². The van der Waals surface area contributed by atoms with E-state index in [2.05, 4.69) is 0 Å². The first-order valence-electron chi connectivity index (χ1n) is 5.10. The van der Waals surface area contributed by atoms with E-state index in [1.165, 1.54) is 6.07 Å². The number of rotatable bonds is 2. The van der Waals surface area contributed by atoms with Gasteiger partial charge in [0, 0.05) is 19.6 Å². The van der Waals surface area contributed by atoms with E-state index in [9.17, 15) is 8.78 Å². The number of benzene rings is 1. The lowest BCUT2D eigenvalue weighted by Crippen LogP contribution is -2.56. The SMILES string of the molecule is CC1(F)CN(Cc2cccc(F)c2C#N)C1. The summed E-state index contributed by atoms with van der Waals surface area (Å²) >= 11 is 0. The van der Waals surface area contributed by atoms with Crippen molar-refractivity contribution < 1.29 is 8.78 Å². The van der Waals surface area contributed by atoms with Gasteiger partial charge in [0.15, 0.2) is 0 Å². The number of nitrogens with zero attached hydrogens (tertiary/aromatic N) is 2. The van der Waals surface area contributed by atoms with Gasteiger partial charge in [0.2, 0.25) is 0 Å². The molecule has 1 aromatic carbocycles. The van der Waals surface area contributed by atoms with Gasteiger partial charge in [-0.2, -0.15) is 5.26 Å². The van der Waals surface area contributed by atoms with Crippen molar-refractivity contribution in [3.8, 4) is 6.07 Å². The van der Waals surface area contributed by atoms with Crippen molar-refractivity contribution in [2.24, 2.45) is 0 Å². The van der Waals surface area contributed by atoms with E-state index in [1.807, 2.05) is 11.0 Å². The number of alkyl halides is 1. The van der Waals surface area contributed by atoms with Crippen LogP contribution in [0.2, 0.25) is 0 Å². The molecule has 0 spiro atoms. The molecule has 1 saturated heterocycles. The molecule has 1 aliphatic heterocycles. The molecule has 0 aliphatic carbocycles. The molecule has 16 heavy (non-hydrogen) atoms. The molecule has 0 saturated carbocycles. The van der Waals surface area contributed by atoms with Crippen LogP contribution in [0.3, 0.4) is 0 Å². The predicted octanol–water partition coefficient (Wildman–Crippen LogP) is 2.24. The molecule has 0 radical (unpaired) electrons. The number of hydrogen-bond acceptors (Lipinski definition) is 2. The normalized spacial score (nSPS) is 18.9. The highest BCUT2D eigenvalue weighted by atomic mass is 19.1. The summed E-state index contributed by atoms with van der Waals surface area (Å²) in [4.78, 5) is 1.86. The van der Waals surface area contributed by atoms with Crippen molar-refractivity contribution in [1.29, 1.82) is 5.26 Å². The van der Waals surface area contributed by atoms with Crippen LogP contribution in [0.15, 0.2) is 18.2 Å². The Morgan fingerprint density at radius 1 is 1.50 bits per heavy atom. The zero-order valence-electron chi connectivity index (χ0n) is 9.00. The van der Waals surface area contributed by atoms with Gasteiger partial charge in [-0.15, -0.1) is 0 Å². The minimum atomic E-state index is -1.14. The summed E-state index contributed by atoms with van der Waals surface area (Å²) in [6.45, 7) is 2.66. The summed E-state index contributed by atoms with van der Waals surface area (Å²) in [5, 5.41) is 8.82. The van der Waals surface area contributed by atoms with E-state index in [-0.39, 0.29) is 5.56 Å². The van der Waals surface area contributed by atoms with E-state index in [1.54, 1.807) is 19.1 Å². The fourth-order valence-electron chi connectivity index (χ4n) is 2.06. The quantitative estimate of drug-likeness (QED) is 0.767. The summed E-state index contributed by atoms with van der Waals surface area (Å²) in [6, 6.07) is 6.38. The average Bonchev–Trinajstić information content (AvgIpc) is 2.15. The standard InChI is InChI=1S/C12H12F2N2/c1-12(14)7-16(8-12)6-9-3-2-4-11(13)10(9)5-15/h2-4H,6-8H2,1H3. The van der Waals surface area contributed by atoms with Crippen molar-refractivity contribution in [1.82, 2.24) is 4.90 Å². The lowest BCUT2D eigenvalue weighted by atomic mass is 9.97. The molecule has 84 valence electrons. The third kappa shape index (κ3) is 2.05. The van der Waals surface area contributed by atoms with Gasteiger partial charge in [-0.3, -0.25) is 4.90 Å². The minimum absolute atomic E-state index is 0.0648. The number of nitriles is 1. The molecule has 0 N–H and O–H groups in total. The Hall–Kier alpha value is -1.47. The molecule has 1 aromatic rings. The van der Waals surface area contributed by atoms with Gasteiger partial charge in [-0.05, 0) is 18.6 Å². The largest absolute Gasteiger partial charge is 0.293 e. The first kappa shape index (κ1) is 11.0. The summed E-state index contributed by atoms with van der Waals surface area (Å²) in [6.07, 6.45) is 0. The van der Waals surface area contributed by atoms with Crippen LogP contribution in [0.5, 0.6) is 0 Å². The van der Waals surface area contributed by atoms with Crippen molar-refractivity contribution in [2.45, 2.75) is 19.1 Å². The molecule has 1 fully saturated rings. The van der Waals surface area contributed by atoms with E-state index in [0.717, 1.165) is 0 Å². The summed E-state index contributed by atoms with van der Waals surface area (Å²) < 4.78 is 26.5. The molecule has 1 aliphatic rings. The van der Waals surface area contributed by atoms with Gasteiger partial charge in [0.05, 0.1) is 5.56 Å². The molecule has 4 heteroatoms. The van der Waals surface area contributed by atoms with Crippen LogP contribution in [0.4, 0.5) is 8.78 Å². The Morgan fingerprint density at radius 2 is 2.19 bits per heavy atom. The molecule has 0 amide bonds. The number of halogens is 2. The first-order valence-corrected chi connectivity index (χ1v) is 5.10. The van der Waals surface area contributed by atoms with Gasteiger partial charge in [-0.25, -0.2) is 8.78 Å². The zero-order valence-corrected chi connectivity index (χ0v) is 9.00. The van der Waals surface area contributed by atoms with Crippen LogP contribution in [0, 0.1) is 17.1 Å². The smallest absolute Gasteiger partial charge is 0.141 e. The monoisotopic (exact) mass is 222 g/mol. The van der Waals surface area contributed by atoms with Crippen molar-refractivity contribution in [3.63, 3.8) is 0 Å². The van der Waals surface area contributed by atoms with E-state index < -0.39 is 11.5 Å². The predicted molar refractivity (Wildman–Crippen MR) is 55.9 cm³/mol. The molecule has 2 rings (SSSR count). The van der Waals surface area contributed by atoms with Gasteiger partial charge in [0.1, 0.15) is 17.6 Å². The van der Waals surface area contributed by atoms with Crippen LogP contribution in [0.25, 0.3) is 0 Å². The highest BCUT2D eigenvalue weighted by molar-refractivity contribution is 5.38. The van der Waals surface area contributed by atoms with Crippen LogP contribution < -0.4 is 0 Å². The Balaban J connectivity index is 2.12. The number of likely N-dealkylation sites (tertiary alicyclic amines) is 1. The Bertz CT molecular complexity index is 441. The molecule has 0 aromatic heterocycles. The first-order chi connectivity index (χ1) is 7.52. The van der Waals surface area contributed by atoms with Gasteiger partial charge in [-0.1, -0.05) is 12.1 Å². The minimum Gasteiger partial charge on any atom is -0.293 e. The molecule has 0 unspecified atom stereocenters. The maximum atomic E-state index is 13.3. The van der Waals surface area contributed by atoms with Gasteiger partial charge >= 0.3 is 0 Å². The van der Waals surface area contributed by atoms with E-state index in [4.69, 9.17) is 5.26 Å². The molecule has 2 nitrogen and oxygen atoms in total. The molecular weight excluding hydrogens is 210 g/mol. The third-order valence-corrected chi connectivity index (χ3v) is 2.71. The summed E-state index contributed by atoms with van der Waals surface area (Å²) in [5.74, 6) is -0.511. The molecule has 1 heterocycles. The zero-order chi connectivity index (χ0) is 11.8. The lowest BCUT2D eigenvalue weighted by molar-refractivity contribution is -0.0226. The highest BCUT2D eigenvalue weighted by Crippen LogP contribution is 2.27. The van der Waals surface area contributed by atoms with Crippen molar-refractivity contribution in [2.75, 3.05) is 13.1 Å². The molecular formula is C12H12F2N2. The lowest BCUT2D eigenvalue weighted by Gasteiger charge is -2.42. The maximum absolute atomic E-state index is 13.3. The van der Waals surface area contributed by atoms with Crippen LogP contribution >= 0.6 is 0 Å². The van der Waals surface area contributed by atoms with Crippen molar-refractivity contribution >= 4 is 0 Å². The van der Waals surface area contributed by atoms with Gasteiger partial charge in [0.25, 0.3) is 0 Å². The molecule has 0 atom stereocenters. The molecule has 0 bridgehead atoms. The van der Waals surface area contributed by atoms with Crippen LogP contribution in [-0.4, -0.2) is 23.7 Å². The fraction of sp³-hybridized carbons (Fsp3) is 0.417. The topological polar surface area (TPSA) is 27.0 Å². The second-order valence-electron chi connectivity index (χ2n) is 4.44. The average molecular weight is 222 g/mol. The summed E-state index contributed by atoms with van der Waals surface area (Å²) in [5.41, 5.74) is -0.451. The Kier molecular flexibility index (Phi) is 2.64. The second-order valence-corrected chi connectivity index (χ2v) is 4.44. The Morgan fingerprint density at radius 3 is 2.75 bits per heavy atom. The number of hydrogen-bond donors (Lipinski definition) is 0. The highest BCUT2D eigenvalue weighted by Gasteiger charge is 2.38.